The first-order chi connectivity index (χ1) is 7.66. The topological polar surface area (TPSA) is 66.4 Å². The number of para-hydroxylation sites is 1. The van der Waals surface area contributed by atoms with E-state index in [1.807, 2.05) is 24.3 Å². The van der Waals surface area contributed by atoms with Crippen LogP contribution in [0.5, 0.6) is 0 Å². The molecule has 1 aromatic carbocycles. The number of nitrogens with one attached hydrogen (secondary N) is 1. The number of amides is 1. The number of hydrogen-bond acceptors (Lipinski definition) is 2. The zero-order valence-corrected chi connectivity index (χ0v) is 8.77. The van der Waals surface area contributed by atoms with E-state index in [0.29, 0.717) is 12.8 Å². The van der Waals surface area contributed by atoms with Gasteiger partial charge in [0.15, 0.2) is 0 Å². The third kappa shape index (κ3) is 2.21. The summed E-state index contributed by atoms with van der Waals surface area (Å²) < 4.78 is 0. The largest absolute Gasteiger partial charge is 0.481 e. The van der Waals surface area contributed by atoms with Gasteiger partial charge in [-0.15, -0.1) is 0 Å². The van der Waals surface area contributed by atoms with Gasteiger partial charge < -0.3 is 10.4 Å². The minimum Gasteiger partial charge on any atom is -0.481 e. The smallest absolute Gasteiger partial charge is 0.303 e. The number of aliphatic carboxylic acids is 1. The second-order valence-electron chi connectivity index (χ2n) is 3.98. The van der Waals surface area contributed by atoms with Gasteiger partial charge in [-0.1, -0.05) is 18.2 Å². The van der Waals surface area contributed by atoms with Gasteiger partial charge in [-0.3, -0.25) is 9.59 Å². The fourth-order valence-electron chi connectivity index (χ4n) is 1.94. The molecule has 4 nitrogen and oxygen atoms in total. The minimum atomic E-state index is -0.855. The van der Waals surface area contributed by atoms with Gasteiger partial charge in [0.1, 0.15) is 0 Å². The Morgan fingerprint density at radius 1 is 1.44 bits per heavy atom. The molecule has 2 N–H and O–H groups in total. The Morgan fingerprint density at radius 3 is 2.94 bits per heavy atom. The molecule has 0 aromatic heterocycles. The molecule has 0 saturated carbocycles. The summed E-state index contributed by atoms with van der Waals surface area (Å²) in [5.74, 6) is -1.14. The van der Waals surface area contributed by atoms with E-state index >= 15 is 0 Å². The van der Waals surface area contributed by atoms with Crippen LogP contribution in [-0.4, -0.2) is 17.0 Å². The molecule has 1 heterocycles. The predicted molar refractivity (Wildman–Crippen MR) is 59.1 cm³/mol. The van der Waals surface area contributed by atoms with Crippen molar-refractivity contribution in [3.63, 3.8) is 0 Å². The summed E-state index contributed by atoms with van der Waals surface area (Å²) in [7, 11) is 0. The zero-order chi connectivity index (χ0) is 11.5. The van der Waals surface area contributed by atoms with Gasteiger partial charge in [-0.25, -0.2) is 0 Å². The lowest BCUT2D eigenvalue weighted by atomic mass is 9.90. The van der Waals surface area contributed by atoms with Crippen molar-refractivity contribution in [2.24, 2.45) is 5.92 Å². The number of carboxylic acid groups (broad SMARTS) is 1. The van der Waals surface area contributed by atoms with Crippen LogP contribution in [0.4, 0.5) is 5.69 Å². The number of benzene rings is 1. The van der Waals surface area contributed by atoms with Gasteiger partial charge in [0.05, 0.1) is 0 Å². The summed E-state index contributed by atoms with van der Waals surface area (Å²) in [5.41, 5.74) is 1.93. The fourth-order valence-corrected chi connectivity index (χ4v) is 1.94. The van der Waals surface area contributed by atoms with Crippen LogP contribution in [-0.2, 0) is 16.0 Å². The monoisotopic (exact) mass is 219 g/mol. The molecule has 16 heavy (non-hydrogen) atoms. The van der Waals surface area contributed by atoms with E-state index in [0.717, 1.165) is 11.3 Å². The SMILES string of the molecule is O=C(O)CC[C@H]1Cc2ccccc2NC1=O. The van der Waals surface area contributed by atoms with Crippen molar-refractivity contribution in [1.82, 2.24) is 0 Å². The van der Waals surface area contributed by atoms with Crippen LogP contribution >= 0.6 is 0 Å². The first-order valence-electron chi connectivity index (χ1n) is 5.27. The van der Waals surface area contributed by atoms with Crippen molar-refractivity contribution in [1.29, 1.82) is 0 Å². The van der Waals surface area contributed by atoms with Crippen molar-refractivity contribution >= 4 is 17.6 Å². The highest BCUT2D eigenvalue weighted by Gasteiger charge is 2.25. The van der Waals surface area contributed by atoms with E-state index in [4.69, 9.17) is 5.11 Å². The molecule has 1 aliphatic rings. The maximum Gasteiger partial charge on any atom is 0.303 e. The summed E-state index contributed by atoms with van der Waals surface area (Å²) in [5, 5.41) is 11.4. The van der Waals surface area contributed by atoms with Crippen LogP contribution in [0.15, 0.2) is 24.3 Å². The summed E-state index contributed by atoms with van der Waals surface area (Å²) in [6.07, 6.45) is 1.07. The van der Waals surface area contributed by atoms with Gasteiger partial charge in [0, 0.05) is 18.0 Å². The lowest BCUT2D eigenvalue weighted by Crippen LogP contribution is -2.30. The molecule has 0 bridgehead atoms. The standard InChI is InChI=1S/C12H13NO3/c14-11(15)6-5-9-7-8-3-1-2-4-10(8)13-12(9)16/h1-4,9H,5-7H2,(H,13,16)(H,14,15)/t9-/m0/s1. The highest BCUT2D eigenvalue weighted by Crippen LogP contribution is 2.27. The molecule has 0 fully saturated rings. The van der Waals surface area contributed by atoms with Crippen LogP contribution in [0.1, 0.15) is 18.4 Å². The quantitative estimate of drug-likeness (QED) is 0.812. The maximum atomic E-state index is 11.7. The first-order valence-corrected chi connectivity index (χ1v) is 5.27. The van der Waals surface area contributed by atoms with Crippen molar-refractivity contribution in [2.75, 3.05) is 5.32 Å². The number of carboxylic acids is 1. The molecule has 1 amide bonds. The van der Waals surface area contributed by atoms with E-state index in [1.165, 1.54) is 0 Å². The first kappa shape index (κ1) is 10.7. The van der Waals surface area contributed by atoms with Gasteiger partial charge in [0.25, 0.3) is 0 Å². The van der Waals surface area contributed by atoms with Crippen LogP contribution in [0, 0.1) is 5.92 Å². The van der Waals surface area contributed by atoms with Crippen LogP contribution in [0.2, 0.25) is 0 Å². The molecule has 0 unspecified atom stereocenters. The molecule has 0 spiro atoms. The Hall–Kier alpha value is -1.84. The Labute approximate surface area is 93.3 Å². The Morgan fingerprint density at radius 2 is 2.19 bits per heavy atom. The number of hydrogen-bond donors (Lipinski definition) is 2. The number of carbonyl (C=O) groups excluding carboxylic acids is 1. The van der Waals surface area contributed by atoms with Crippen molar-refractivity contribution < 1.29 is 14.7 Å². The average Bonchev–Trinajstić information content (AvgIpc) is 2.26. The number of rotatable bonds is 3. The minimum absolute atomic E-state index is 0.0419. The molecule has 84 valence electrons. The average molecular weight is 219 g/mol. The third-order valence-electron chi connectivity index (χ3n) is 2.82. The molecule has 1 aliphatic heterocycles. The van der Waals surface area contributed by atoms with Crippen molar-refractivity contribution in [3.8, 4) is 0 Å². The summed E-state index contributed by atoms with van der Waals surface area (Å²) in [4.78, 5) is 22.1. The molecule has 4 heteroatoms. The van der Waals surface area contributed by atoms with Gasteiger partial charge in [0.2, 0.25) is 5.91 Å². The zero-order valence-electron chi connectivity index (χ0n) is 8.77. The molecular weight excluding hydrogens is 206 g/mol. The molecule has 0 saturated heterocycles. The van der Waals surface area contributed by atoms with Gasteiger partial charge in [-0.2, -0.15) is 0 Å². The van der Waals surface area contributed by atoms with Gasteiger partial charge in [-0.05, 0) is 24.5 Å². The van der Waals surface area contributed by atoms with Crippen molar-refractivity contribution in [2.45, 2.75) is 19.3 Å². The molecular formula is C12H13NO3. The van der Waals surface area contributed by atoms with E-state index in [9.17, 15) is 9.59 Å². The lowest BCUT2D eigenvalue weighted by Gasteiger charge is -2.23. The van der Waals surface area contributed by atoms with E-state index < -0.39 is 5.97 Å². The second kappa shape index (κ2) is 4.35. The molecule has 0 aliphatic carbocycles. The maximum absolute atomic E-state index is 11.7. The third-order valence-corrected chi connectivity index (χ3v) is 2.82. The number of fused-ring (bicyclic) bond motifs is 1. The van der Waals surface area contributed by atoms with E-state index in [-0.39, 0.29) is 18.2 Å². The Kier molecular flexibility index (Phi) is 2.90. The van der Waals surface area contributed by atoms with Crippen LogP contribution in [0.3, 0.4) is 0 Å². The number of carbonyl (C=O) groups is 2. The highest BCUT2D eigenvalue weighted by molar-refractivity contribution is 5.95. The lowest BCUT2D eigenvalue weighted by molar-refractivity contribution is -0.137. The molecule has 0 radical (unpaired) electrons. The molecule has 2 rings (SSSR count). The Balaban J connectivity index is 2.09. The van der Waals surface area contributed by atoms with Crippen molar-refractivity contribution in [3.05, 3.63) is 29.8 Å². The van der Waals surface area contributed by atoms with Crippen LogP contribution in [0.25, 0.3) is 0 Å². The fraction of sp³-hybridized carbons (Fsp3) is 0.333. The summed E-state index contributed by atoms with van der Waals surface area (Å²) in [6, 6.07) is 7.62. The Bertz CT molecular complexity index is 428. The predicted octanol–water partition coefficient (Wildman–Crippen LogP) is 1.66. The molecule has 1 atom stereocenters. The normalized spacial score (nSPS) is 18.8. The van der Waals surface area contributed by atoms with E-state index in [1.54, 1.807) is 0 Å². The van der Waals surface area contributed by atoms with Gasteiger partial charge >= 0.3 is 5.97 Å². The van der Waals surface area contributed by atoms with Crippen LogP contribution < -0.4 is 5.32 Å². The second-order valence-corrected chi connectivity index (χ2v) is 3.98. The summed E-state index contributed by atoms with van der Waals surface area (Å²) in [6.45, 7) is 0. The summed E-state index contributed by atoms with van der Waals surface area (Å²) >= 11 is 0. The van der Waals surface area contributed by atoms with E-state index in [2.05, 4.69) is 5.32 Å². The highest BCUT2D eigenvalue weighted by atomic mass is 16.4. The molecule has 1 aromatic rings. The number of anilines is 1.